The largest absolute Gasteiger partial charge is 0.451 e. The van der Waals surface area contributed by atoms with Crippen LogP contribution in [0.2, 0.25) is 0 Å². The van der Waals surface area contributed by atoms with Crippen LogP contribution in [0.3, 0.4) is 0 Å². The molecule has 0 atom stereocenters. The summed E-state index contributed by atoms with van der Waals surface area (Å²) in [5, 5.41) is 1.85. The molecule has 4 aromatic rings. The summed E-state index contributed by atoms with van der Waals surface area (Å²) in [5.41, 5.74) is 1.70. The highest BCUT2D eigenvalue weighted by molar-refractivity contribution is 7.18. The van der Waals surface area contributed by atoms with E-state index in [0.29, 0.717) is 12.3 Å². The molecule has 0 aliphatic heterocycles. The molecule has 0 N–H and O–H groups in total. The SMILES string of the molecule is CN(Cc1nc2ccccc2s1)C(=O)c1cc2ccccc2o1. The number of rotatable bonds is 3. The topological polar surface area (TPSA) is 46.3 Å². The van der Waals surface area contributed by atoms with Gasteiger partial charge in [0.05, 0.1) is 16.8 Å². The van der Waals surface area contributed by atoms with Crippen molar-refractivity contribution in [3.63, 3.8) is 0 Å². The van der Waals surface area contributed by atoms with Gasteiger partial charge in [-0.15, -0.1) is 11.3 Å². The van der Waals surface area contributed by atoms with Gasteiger partial charge in [-0.3, -0.25) is 4.79 Å². The molecule has 0 aliphatic carbocycles. The Hall–Kier alpha value is -2.66. The number of carbonyl (C=O) groups is 1. The molecule has 0 saturated carbocycles. The summed E-state index contributed by atoms with van der Waals surface area (Å²) in [6, 6.07) is 17.4. The zero-order chi connectivity index (χ0) is 15.8. The van der Waals surface area contributed by atoms with E-state index in [2.05, 4.69) is 4.98 Å². The van der Waals surface area contributed by atoms with Gasteiger partial charge in [-0.1, -0.05) is 30.3 Å². The fourth-order valence-corrected chi connectivity index (χ4v) is 3.56. The van der Waals surface area contributed by atoms with Crippen LogP contribution in [0.4, 0.5) is 0 Å². The lowest BCUT2D eigenvalue weighted by molar-refractivity contribution is 0.0756. The molecule has 114 valence electrons. The molecule has 4 rings (SSSR count). The number of hydrogen-bond donors (Lipinski definition) is 0. The maximum atomic E-state index is 12.5. The minimum Gasteiger partial charge on any atom is -0.451 e. The highest BCUT2D eigenvalue weighted by Gasteiger charge is 2.18. The van der Waals surface area contributed by atoms with Gasteiger partial charge in [0, 0.05) is 12.4 Å². The van der Waals surface area contributed by atoms with E-state index in [-0.39, 0.29) is 5.91 Å². The molecular weight excluding hydrogens is 308 g/mol. The van der Waals surface area contributed by atoms with Gasteiger partial charge in [0.25, 0.3) is 5.91 Å². The van der Waals surface area contributed by atoms with Crippen LogP contribution in [0, 0.1) is 0 Å². The molecule has 2 heterocycles. The Kier molecular flexibility index (Phi) is 3.35. The molecule has 4 nitrogen and oxygen atoms in total. The minimum absolute atomic E-state index is 0.138. The summed E-state index contributed by atoms with van der Waals surface area (Å²) in [6.45, 7) is 0.467. The number of amides is 1. The molecule has 0 radical (unpaired) electrons. The molecule has 0 unspecified atom stereocenters. The Balaban J connectivity index is 1.57. The van der Waals surface area contributed by atoms with Gasteiger partial charge < -0.3 is 9.32 Å². The van der Waals surface area contributed by atoms with Crippen molar-refractivity contribution in [1.82, 2.24) is 9.88 Å². The summed E-state index contributed by atoms with van der Waals surface area (Å²) in [4.78, 5) is 18.7. The van der Waals surface area contributed by atoms with E-state index in [1.54, 1.807) is 29.4 Å². The van der Waals surface area contributed by atoms with Crippen molar-refractivity contribution in [2.24, 2.45) is 0 Å². The number of furan rings is 1. The van der Waals surface area contributed by atoms with E-state index in [0.717, 1.165) is 26.2 Å². The lowest BCUT2D eigenvalue weighted by Gasteiger charge is -2.13. The zero-order valence-electron chi connectivity index (χ0n) is 12.5. The summed E-state index contributed by atoms with van der Waals surface area (Å²) in [7, 11) is 1.77. The van der Waals surface area contributed by atoms with Crippen molar-refractivity contribution in [1.29, 1.82) is 0 Å². The van der Waals surface area contributed by atoms with Crippen molar-refractivity contribution >= 4 is 38.4 Å². The number of hydrogen-bond acceptors (Lipinski definition) is 4. The molecule has 23 heavy (non-hydrogen) atoms. The molecule has 1 amide bonds. The number of carbonyl (C=O) groups excluding carboxylic acids is 1. The van der Waals surface area contributed by atoms with Gasteiger partial charge in [0.15, 0.2) is 5.76 Å². The molecule has 0 spiro atoms. The van der Waals surface area contributed by atoms with Crippen LogP contribution in [-0.2, 0) is 6.54 Å². The van der Waals surface area contributed by atoms with Crippen molar-refractivity contribution < 1.29 is 9.21 Å². The molecule has 0 fully saturated rings. The van der Waals surface area contributed by atoms with Crippen LogP contribution in [-0.4, -0.2) is 22.8 Å². The number of fused-ring (bicyclic) bond motifs is 2. The van der Waals surface area contributed by atoms with E-state index in [1.165, 1.54) is 0 Å². The average molecular weight is 322 g/mol. The van der Waals surface area contributed by atoms with Gasteiger partial charge in [0.1, 0.15) is 10.6 Å². The summed E-state index contributed by atoms with van der Waals surface area (Å²) < 4.78 is 6.77. The number of benzene rings is 2. The summed E-state index contributed by atoms with van der Waals surface area (Å²) in [6.07, 6.45) is 0. The average Bonchev–Trinajstić information content (AvgIpc) is 3.16. The Morgan fingerprint density at radius 3 is 2.78 bits per heavy atom. The van der Waals surface area contributed by atoms with Gasteiger partial charge in [-0.25, -0.2) is 4.98 Å². The van der Waals surface area contributed by atoms with E-state index >= 15 is 0 Å². The molecule has 2 aromatic carbocycles. The van der Waals surface area contributed by atoms with Crippen LogP contribution in [0.25, 0.3) is 21.2 Å². The summed E-state index contributed by atoms with van der Waals surface area (Å²) in [5.74, 6) is 0.218. The third-order valence-electron chi connectivity index (χ3n) is 3.69. The maximum Gasteiger partial charge on any atom is 0.289 e. The third-order valence-corrected chi connectivity index (χ3v) is 4.71. The molecule has 0 bridgehead atoms. The molecular formula is C18H14N2O2S. The van der Waals surface area contributed by atoms with Crippen LogP contribution in [0.15, 0.2) is 59.0 Å². The van der Waals surface area contributed by atoms with Gasteiger partial charge in [-0.2, -0.15) is 0 Å². The Labute approximate surface area is 137 Å². The fourth-order valence-electron chi connectivity index (χ4n) is 2.54. The van der Waals surface area contributed by atoms with Crippen molar-refractivity contribution in [3.8, 4) is 0 Å². The smallest absolute Gasteiger partial charge is 0.289 e. The van der Waals surface area contributed by atoms with Crippen molar-refractivity contribution in [2.75, 3.05) is 7.05 Å². The van der Waals surface area contributed by atoms with Crippen LogP contribution in [0.1, 0.15) is 15.6 Å². The minimum atomic E-state index is -0.138. The predicted molar refractivity (Wildman–Crippen MR) is 91.6 cm³/mol. The number of aromatic nitrogens is 1. The van der Waals surface area contributed by atoms with Gasteiger partial charge >= 0.3 is 0 Å². The molecule has 0 saturated heterocycles. The second-order valence-corrected chi connectivity index (χ2v) is 6.50. The first kappa shape index (κ1) is 14.0. The second-order valence-electron chi connectivity index (χ2n) is 5.39. The van der Waals surface area contributed by atoms with E-state index < -0.39 is 0 Å². The highest BCUT2D eigenvalue weighted by Crippen LogP contribution is 2.24. The molecule has 5 heteroatoms. The zero-order valence-corrected chi connectivity index (χ0v) is 13.3. The lowest BCUT2D eigenvalue weighted by atomic mass is 10.2. The Bertz CT molecular complexity index is 936. The number of para-hydroxylation sites is 2. The summed E-state index contributed by atoms with van der Waals surface area (Å²) >= 11 is 1.61. The maximum absolute atomic E-state index is 12.5. The van der Waals surface area contributed by atoms with Crippen molar-refractivity contribution in [2.45, 2.75) is 6.54 Å². The van der Waals surface area contributed by atoms with E-state index in [9.17, 15) is 4.79 Å². The quantitative estimate of drug-likeness (QED) is 0.564. The fraction of sp³-hybridized carbons (Fsp3) is 0.111. The van der Waals surface area contributed by atoms with Crippen LogP contribution >= 0.6 is 11.3 Å². The predicted octanol–water partition coefficient (Wildman–Crippen LogP) is 4.31. The normalized spacial score (nSPS) is 11.2. The van der Waals surface area contributed by atoms with Gasteiger partial charge in [0.2, 0.25) is 0 Å². The molecule has 0 aliphatic rings. The molecule has 2 aromatic heterocycles. The van der Waals surface area contributed by atoms with E-state index in [1.807, 2.05) is 48.5 Å². The first-order valence-corrected chi connectivity index (χ1v) is 8.11. The van der Waals surface area contributed by atoms with Crippen LogP contribution < -0.4 is 0 Å². The number of nitrogens with zero attached hydrogens (tertiary/aromatic N) is 2. The Morgan fingerprint density at radius 2 is 1.96 bits per heavy atom. The van der Waals surface area contributed by atoms with E-state index in [4.69, 9.17) is 4.42 Å². The Morgan fingerprint density at radius 1 is 1.17 bits per heavy atom. The first-order valence-electron chi connectivity index (χ1n) is 7.29. The monoisotopic (exact) mass is 322 g/mol. The van der Waals surface area contributed by atoms with Crippen molar-refractivity contribution in [3.05, 3.63) is 65.4 Å². The first-order chi connectivity index (χ1) is 11.2. The lowest BCUT2D eigenvalue weighted by Crippen LogP contribution is -2.25. The highest BCUT2D eigenvalue weighted by atomic mass is 32.1. The third kappa shape index (κ3) is 2.59. The second kappa shape index (κ2) is 5.52. The number of thiazole rings is 1. The standard InChI is InChI=1S/C18H14N2O2S/c1-20(11-17-19-13-7-3-5-9-16(13)23-17)18(21)15-10-12-6-2-4-8-14(12)22-15/h2-10H,11H2,1H3. The van der Waals surface area contributed by atoms with Crippen LogP contribution in [0.5, 0.6) is 0 Å². The van der Waals surface area contributed by atoms with Gasteiger partial charge in [-0.05, 0) is 24.3 Å².